The van der Waals surface area contributed by atoms with Gasteiger partial charge in [0.1, 0.15) is 5.69 Å². The summed E-state index contributed by atoms with van der Waals surface area (Å²) in [6, 6.07) is 2.83. The second-order valence-corrected chi connectivity index (χ2v) is 4.00. The van der Waals surface area contributed by atoms with Crippen molar-refractivity contribution in [2.75, 3.05) is 26.3 Å². The molecule has 0 aliphatic carbocycles. The number of carboxylic acid groups (broad SMARTS) is 1. The predicted octanol–water partition coefficient (Wildman–Crippen LogP) is 0.642. The number of aromatic carboxylic acids is 1. The average molecular weight is 250 g/mol. The maximum Gasteiger partial charge on any atom is 0.337 e. The van der Waals surface area contributed by atoms with Gasteiger partial charge in [-0.25, -0.2) is 4.79 Å². The minimum Gasteiger partial charge on any atom is -0.478 e. The van der Waals surface area contributed by atoms with E-state index in [0.29, 0.717) is 26.3 Å². The van der Waals surface area contributed by atoms with Crippen molar-refractivity contribution in [3.05, 3.63) is 29.6 Å². The highest BCUT2D eigenvalue weighted by Gasteiger charge is 2.18. The Morgan fingerprint density at radius 1 is 1.28 bits per heavy atom. The third-order valence-electron chi connectivity index (χ3n) is 2.74. The number of pyridine rings is 1. The van der Waals surface area contributed by atoms with Gasteiger partial charge in [-0.2, -0.15) is 0 Å². The summed E-state index contributed by atoms with van der Waals surface area (Å²) >= 11 is 0. The lowest BCUT2D eigenvalue weighted by Crippen LogP contribution is -2.33. The minimum atomic E-state index is -1.05. The summed E-state index contributed by atoms with van der Waals surface area (Å²) < 4.78 is 5.27. The van der Waals surface area contributed by atoms with Gasteiger partial charge in [0.25, 0.3) is 5.91 Å². The molecule has 0 radical (unpaired) electrons. The van der Waals surface area contributed by atoms with E-state index in [4.69, 9.17) is 9.84 Å². The molecule has 6 heteroatoms. The summed E-state index contributed by atoms with van der Waals surface area (Å²) in [5.41, 5.74) is 0.340. The van der Waals surface area contributed by atoms with Crippen molar-refractivity contribution in [1.82, 2.24) is 9.88 Å². The molecular weight excluding hydrogens is 236 g/mol. The first kappa shape index (κ1) is 12.5. The molecule has 1 aliphatic rings. The number of rotatable bonds is 2. The third kappa shape index (κ3) is 2.84. The van der Waals surface area contributed by atoms with Gasteiger partial charge in [0.05, 0.1) is 12.2 Å². The normalized spacial score (nSPS) is 16.1. The molecule has 0 spiro atoms. The number of hydrogen-bond donors (Lipinski definition) is 1. The Morgan fingerprint density at radius 2 is 2.11 bits per heavy atom. The fraction of sp³-hybridized carbons (Fsp3) is 0.417. The Kier molecular flexibility index (Phi) is 3.88. The van der Waals surface area contributed by atoms with Crippen molar-refractivity contribution < 1.29 is 19.4 Å². The van der Waals surface area contributed by atoms with Gasteiger partial charge in [0.2, 0.25) is 0 Å². The SMILES string of the molecule is O=C(O)c1ccc(C(=O)N2CCCOCC2)nc1. The van der Waals surface area contributed by atoms with Crippen LogP contribution < -0.4 is 0 Å². The highest BCUT2D eigenvalue weighted by atomic mass is 16.5. The number of ether oxygens (including phenoxy) is 1. The molecule has 0 unspecified atom stereocenters. The van der Waals surface area contributed by atoms with Gasteiger partial charge < -0.3 is 14.7 Å². The summed E-state index contributed by atoms with van der Waals surface area (Å²) in [6.07, 6.45) is 2.00. The van der Waals surface area contributed by atoms with Crippen LogP contribution in [0.3, 0.4) is 0 Å². The summed E-state index contributed by atoms with van der Waals surface area (Å²) in [7, 11) is 0. The molecule has 96 valence electrons. The Hall–Kier alpha value is -1.95. The Bertz CT molecular complexity index is 436. The zero-order valence-electron chi connectivity index (χ0n) is 9.83. The van der Waals surface area contributed by atoms with Gasteiger partial charge in [-0.3, -0.25) is 9.78 Å². The molecule has 0 bridgehead atoms. The average Bonchev–Trinajstić information content (AvgIpc) is 2.67. The van der Waals surface area contributed by atoms with Crippen molar-refractivity contribution in [1.29, 1.82) is 0 Å². The van der Waals surface area contributed by atoms with Gasteiger partial charge in [-0.1, -0.05) is 0 Å². The molecule has 6 nitrogen and oxygen atoms in total. The standard InChI is InChI=1S/C12H14N2O4/c15-11(14-4-1-6-18-7-5-14)10-3-2-9(8-13-10)12(16)17/h2-3,8H,1,4-7H2,(H,16,17). The Balaban J connectivity index is 2.10. The fourth-order valence-electron chi connectivity index (χ4n) is 1.76. The highest BCUT2D eigenvalue weighted by Crippen LogP contribution is 2.07. The molecule has 18 heavy (non-hydrogen) atoms. The zero-order valence-corrected chi connectivity index (χ0v) is 9.83. The van der Waals surface area contributed by atoms with E-state index in [9.17, 15) is 9.59 Å². The van der Waals surface area contributed by atoms with E-state index < -0.39 is 5.97 Å². The number of hydrogen-bond acceptors (Lipinski definition) is 4. The van der Waals surface area contributed by atoms with Gasteiger partial charge in [0.15, 0.2) is 0 Å². The van der Waals surface area contributed by atoms with Gasteiger partial charge in [-0.15, -0.1) is 0 Å². The predicted molar refractivity (Wildman–Crippen MR) is 62.5 cm³/mol. The van der Waals surface area contributed by atoms with Crippen molar-refractivity contribution in [2.45, 2.75) is 6.42 Å². The molecule has 1 saturated heterocycles. The van der Waals surface area contributed by atoms with Crippen LogP contribution in [0.1, 0.15) is 27.3 Å². The number of carbonyl (C=O) groups is 2. The second kappa shape index (κ2) is 5.59. The fourth-order valence-corrected chi connectivity index (χ4v) is 1.76. The highest BCUT2D eigenvalue weighted by molar-refractivity contribution is 5.93. The van der Waals surface area contributed by atoms with Crippen LogP contribution in [0.4, 0.5) is 0 Å². The Labute approximate surface area is 104 Å². The first-order chi connectivity index (χ1) is 8.68. The maximum atomic E-state index is 12.1. The van der Waals surface area contributed by atoms with Crippen LogP contribution in [0.2, 0.25) is 0 Å². The van der Waals surface area contributed by atoms with Crippen LogP contribution in [-0.2, 0) is 4.74 Å². The summed E-state index contributed by atoms with van der Waals surface area (Å²) in [6.45, 7) is 2.37. The van der Waals surface area contributed by atoms with E-state index in [1.54, 1.807) is 4.90 Å². The molecule has 2 rings (SSSR count). The molecule has 0 aromatic carbocycles. The zero-order chi connectivity index (χ0) is 13.0. The quantitative estimate of drug-likeness (QED) is 0.833. The number of amides is 1. The first-order valence-corrected chi connectivity index (χ1v) is 5.75. The van der Waals surface area contributed by atoms with Crippen LogP contribution in [0.15, 0.2) is 18.3 Å². The molecule has 1 aromatic rings. The molecule has 0 saturated carbocycles. The van der Waals surface area contributed by atoms with Crippen molar-refractivity contribution in [2.24, 2.45) is 0 Å². The van der Waals surface area contributed by atoms with E-state index >= 15 is 0 Å². The van der Waals surface area contributed by atoms with Crippen LogP contribution in [0.25, 0.3) is 0 Å². The molecule has 0 atom stereocenters. The van der Waals surface area contributed by atoms with E-state index in [1.807, 2.05) is 0 Å². The van der Waals surface area contributed by atoms with Crippen molar-refractivity contribution in [3.8, 4) is 0 Å². The van der Waals surface area contributed by atoms with E-state index in [-0.39, 0.29) is 17.2 Å². The summed E-state index contributed by atoms with van der Waals surface area (Å²) in [5, 5.41) is 8.75. The monoisotopic (exact) mass is 250 g/mol. The molecule has 1 aliphatic heterocycles. The maximum absolute atomic E-state index is 12.1. The second-order valence-electron chi connectivity index (χ2n) is 4.00. The number of nitrogens with zero attached hydrogens (tertiary/aromatic N) is 2. The topological polar surface area (TPSA) is 79.7 Å². The first-order valence-electron chi connectivity index (χ1n) is 5.75. The summed E-state index contributed by atoms with van der Waals surface area (Å²) in [5.74, 6) is -1.23. The number of carboxylic acids is 1. The lowest BCUT2D eigenvalue weighted by molar-refractivity contribution is 0.0691. The van der Waals surface area contributed by atoms with E-state index in [0.717, 1.165) is 6.42 Å². The Morgan fingerprint density at radius 3 is 2.78 bits per heavy atom. The smallest absolute Gasteiger partial charge is 0.337 e. The van der Waals surface area contributed by atoms with Gasteiger partial charge >= 0.3 is 5.97 Å². The minimum absolute atomic E-state index is 0.0748. The third-order valence-corrected chi connectivity index (χ3v) is 2.74. The molecule has 1 aromatic heterocycles. The number of aromatic nitrogens is 1. The molecule has 2 heterocycles. The van der Waals surface area contributed by atoms with Crippen molar-refractivity contribution in [3.63, 3.8) is 0 Å². The van der Waals surface area contributed by atoms with Gasteiger partial charge in [-0.05, 0) is 18.6 Å². The van der Waals surface area contributed by atoms with Crippen LogP contribution in [-0.4, -0.2) is 53.2 Å². The number of carbonyl (C=O) groups excluding carboxylic acids is 1. The molecule has 1 amide bonds. The van der Waals surface area contributed by atoms with Crippen LogP contribution in [0.5, 0.6) is 0 Å². The van der Waals surface area contributed by atoms with Crippen molar-refractivity contribution >= 4 is 11.9 Å². The van der Waals surface area contributed by atoms with Gasteiger partial charge in [0, 0.05) is 25.9 Å². The van der Waals surface area contributed by atoms with Crippen LogP contribution >= 0.6 is 0 Å². The lowest BCUT2D eigenvalue weighted by atomic mass is 10.2. The molecule has 1 N–H and O–H groups in total. The summed E-state index contributed by atoms with van der Waals surface area (Å²) in [4.78, 5) is 28.3. The van der Waals surface area contributed by atoms with E-state index in [2.05, 4.69) is 4.98 Å². The molecule has 1 fully saturated rings. The van der Waals surface area contributed by atoms with E-state index in [1.165, 1.54) is 18.3 Å². The largest absolute Gasteiger partial charge is 0.478 e. The lowest BCUT2D eigenvalue weighted by Gasteiger charge is -2.18. The van der Waals surface area contributed by atoms with Crippen LogP contribution in [0, 0.1) is 0 Å². The molecular formula is C12H14N2O4.